The van der Waals surface area contributed by atoms with Crippen LogP contribution in [0.3, 0.4) is 0 Å². The Bertz CT molecular complexity index is 1090. The van der Waals surface area contributed by atoms with Gasteiger partial charge in [-0.25, -0.2) is 4.79 Å². The molecule has 10 heteroatoms. The first-order valence-corrected chi connectivity index (χ1v) is 12.2. The van der Waals surface area contributed by atoms with E-state index in [4.69, 9.17) is 4.74 Å². The normalized spacial score (nSPS) is 11.8. The average molecular weight is 497 g/mol. The van der Waals surface area contributed by atoms with E-state index >= 15 is 0 Å². The number of tetrazole rings is 1. The molecule has 1 atom stereocenters. The first-order chi connectivity index (χ1) is 16.9. The molecule has 0 radical (unpaired) electrons. The van der Waals surface area contributed by atoms with Gasteiger partial charge in [0.15, 0.2) is 0 Å². The molecule has 2 N–H and O–H groups in total. The van der Waals surface area contributed by atoms with E-state index in [0.717, 1.165) is 28.7 Å². The van der Waals surface area contributed by atoms with Crippen LogP contribution < -0.4 is 5.32 Å². The maximum atomic E-state index is 12.5. The van der Waals surface area contributed by atoms with E-state index in [1.807, 2.05) is 48.5 Å². The van der Waals surface area contributed by atoms with E-state index in [1.54, 1.807) is 4.90 Å². The molecular weight excluding hydrogens is 464 g/mol. The molecule has 2 aromatic carbocycles. The Morgan fingerprint density at radius 2 is 1.83 bits per heavy atom. The highest BCUT2D eigenvalue weighted by molar-refractivity contribution is 7.80. The lowest BCUT2D eigenvalue weighted by molar-refractivity contribution is -0.124. The zero-order valence-corrected chi connectivity index (χ0v) is 21.2. The van der Waals surface area contributed by atoms with Crippen LogP contribution in [0.1, 0.15) is 25.8 Å². The number of aromatic nitrogens is 4. The number of benzene rings is 2. The third-order valence-corrected chi connectivity index (χ3v) is 6.05. The number of nitrogens with zero attached hydrogens (tertiary/aromatic N) is 4. The molecule has 1 aromatic heterocycles. The van der Waals surface area contributed by atoms with E-state index in [0.29, 0.717) is 37.1 Å². The lowest BCUT2D eigenvalue weighted by Gasteiger charge is -2.23. The van der Waals surface area contributed by atoms with Crippen LogP contribution in [0.5, 0.6) is 0 Å². The van der Waals surface area contributed by atoms with Gasteiger partial charge in [-0.15, -0.1) is 10.2 Å². The Morgan fingerprint density at radius 1 is 1.11 bits per heavy atom. The first-order valence-electron chi connectivity index (χ1n) is 11.6. The zero-order chi connectivity index (χ0) is 25.2. The van der Waals surface area contributed by atoms with Crippen LogP contribution >= 0.6 is 12.6 Å². The molecule has 35 heavy (non-hydrogen) atoms. The summed E-state index contributed by atoms with van der Waals surface area (Å²) in [6, 6.07) is 15.8. The first kappa shape index (κ1) is 26.2. The van der Waals surface area contributed by atoms with Gasteiger partial charge in [-0.1, -0.05) is 62.4 Å². The molecule has 0 fully saturated rings. The largest absolute Gasteiger partial charge is 0.453 e. The second kappa shape index (κ2) is 12.9. The Balaban J connectivity index is 1.65. The fourth-order valence-corrected chi connectivity index (χ4v) is 4.19. The predicted octanol–water partition coefficient (Wildman–Crippen LogP) is 3.81. The van der Waals surface area contributed by atoms with Crippen LogP contribution in [0.25, 0.3) is 22.5 Å². The summed E-state index contributed by atoms with van der Waals surface area (Å²) in [6.45, 7) is 5.20. The highest BCUT2D eigenvalue weighted by atomic mass is 32.1. The third-order valence-electron chi connectivity index (χ3n) is 5.61. The van der Waals surface area contributed by atoms with Gasteiger partial charge in [-0.3, -0.25) is 4.79 Å². The van der Waals surface area contributed by atoms with Gasteiger partial charge in [0, 0.05) is 36.9 Å². The number of amides is 2. The van der Waals surface area contributed by atoms with Gasteiger partial charge in [-0.05, 0) is 34.2 Å². The van der Waals surface area contributed by atoms with E-state index in [-0.39, 0.29) is 11.8 Å². The maximum absolute atomic E-state index is 12.5. The molecule has 1 unspecified atom stereocenters. The van der Waals surface area contributed by atoms with E-state index in [1.165, 1.54) is 7.11 Å². The van der Waals surface area contributed by atoms with E-state index in [2.05, 4.69) is 52.4 Å². The minimum Gasteiger partial charge on any atom is -0.453 e. The van der Waals surface area contributed by atoms with Crippen LogP contribution in [0.4, 0.5) is 4.79 Å². The maximum Gasteiger partial charge on any atom is 0.409 e. The standard InChI is InChI=1S/C25H32N6O3S/c1-17(2)14-20(16-35)24(32)26-12-13-31(25(33)34-3)15-18-8-10-19(11-9-18)21-6-4-5-7-22(21)23-27-29-30-28-23/h4-11,17,20,35H,12-16H2,1-3H3,(H,26,32)(H,27,28,29,30). The lowest BCUT2D eigenvalue weighted by Crippen LogP contribution is -2.40. The summed E-state index contributed by atoms with van der Waals surface area (Å²) in [6.07, 6.45) is 0.330. The molecule has 186 valence electrons. The molecular formula is C25H32N6O3S. The van der Waals surface area contributed by atoms with E-state index < -0.39 is 6.09 Å². The number of methoxy groups -OCH3 is 1. The van der Waals surface area contributed by atoms with Gasteiger partial charge in [0.2, 0.25) is 11.7 Å². The summed E-state index contributed by atoms with van der Waals surface area (Å²) in [5, 5.41) is 17.2. The third kappa shape index (κ3) is 7.29. The summed E-state index contributed by atoms with van der Waals surface area (Å²) in [5.74, 6) is 1.24. The minimum absolute atomic E-state index is 0.0388. The minimum atomic E-state index is -0.446. The van der Waals surface area contributed by atoms with Crippen molar-refractivity contribution in [3.05, 3.63) is 54.1 Å². The molecule has 0 bridgehead atoms. The number of carbonyl (C=O) groups excluding carboxylic acids is 2. The Labute approximate surface area is 211 Å². The number of hydrogen-bond donors (Lipinski definition) is 3. The fraction of sp³-hybridized carbons (Fsp3) is 0.400. The van der Waals surface area contributed by atoms with E-state index in [9.17, 15) is 9.59 Å². The Hall–Kier alpha value is -3.40. The molecule has 0 aliphatic heterocycles. The molecule has 0 spiro atoms. The molecule has 0 aliphatic rings. The Kier molecular flexibility index (Phi) is 9.66. The smallest absolute Gasteiger partial charge is 0.409 e. The monoisotopic (exact) mass is 496 g/mol. The molecule has 3 rings (SSSR count). The number of thiol groups is 1. The van der Waals surface area contributed by atoms with Crippen molar-refractivity contribution in [1.29, 1.82) is 0 Å². The topological polar surface area (TPSA) is 113 Å². The highest BCUT2D eigenvalue weighted by Crippen LogP contribution is 2.29. The van der Waals surface area contributed by atoms with Gasteiger partial charge in [0.1, 0.15) is 0 Å². The van der Waals surface area contributed by atoms with Gasteiger partial charge in [-0.2, -0.15) is 17.8 Å². The van der Waals surface area contributed by atoms with Gasteiger partial charge in [0.05, 0.1) is 7.11 Å². The van der Waals surface area contributed by atoms with Crippen LogP contribution in [-0.4, -0.2) is 63.5 Å². The van der Waals surface area contributed by atoms with Crippen molar-refractivity contribution in [3.8, 4) is 22.5 Å². The predicted molar refractivity (Wildman–Crippen MR) is 138 cm³/mol. The number of aromatic amines is 1. The van der Waals surface area contributed by atoms with Crippen molar-refractivity contribution in [2.24, 2.45) is 11.8 Å². The molecule has 0 saturated heterocycles. The summed E-state index contributed by atoms with van der Waals surface area (Å²) in [7, 11) is 1.35. The van der Waals surface area contributed by atoms with Gasteiger partial charge < -0.3 is 15.0 Å². The number of carbonyl (C=O) groups is 2. The molecule has 0 saturated carbocycles. The summed E-state index contributed by atoms with van der Waals surface area (Å²) in [5.41, 5.74) is 3.79. The summed E-state index contributed by atoms with van der Waals surface area (Å²) in [4.78, 5) is 26.4. The number of hydrogen-bond acceptors (Lipinski definition) is 7. The van der Waals surface area contributed by atoms with Crippen molar-refractivity contribution in [2.75, 3.05) is 26.0 Å². The van der Waals surface area contributed by atoms with Crippen LogP contribution in [-0.2, 0) is 16.1 Å². The zero-order valence-electron chi connectivity index (χ0n) is 20.3. The van der Waals surface area contributed by atoms with Gasteiger partial charge in [0.25, 0.3) is 0 Å². The average Bonchev–Trinajstić information content (AvgIpc) is 3.41. The number of rotatable bonds is 11. The number of ether oxygens (including phenoxy) is 1. The summed E-state index contributed by atoms with van der Waals surface area (Å²) < 4.78 is 4.95. The van der Waals surface area contributed by atoms with Gasteiger partial charge >= 0.3 is 6.09 Å². The SMILES string of the molecule is COC(=O)N(CCNC(=O)C(CS)CC(C)C)Cc1ccc(-c2ccccc2-c2nn[nH]n2)cc1. The molecule has 0 aliphatic carbocycles. The van der Waals surface area contributed by atoms with Crippen LogP contribution in [0.15, 0.2) is 48.5 Å². The fourth-order valence-electron chi connectivity index (χ4n) is 3.87. The lowest BCUT2D eigenvalue weighted by atomic mass is 9.98. The second-order valence-corrected chi connectivity index (χ2v) is 9.03. The van der Waals surface area contributed by atoms with Crippen molar-refractivity contribution >= 4 is 24.6 Å². The second-order valence-electron chi connectivity index (χ2n) is 8.67. The number of H-pyrrole nitrogens is 1. The molecule has 1 heterocycles. The van der Waals surface area contributed by atoms with Crippen LogP contribution in [0, 0.1) is 11.8 Å². The van der Waals surface area contributed by atoms with Crippen molar-refractivity contribution in [1.82, 2.24) is 30.8 Å². The van der Waals surface area contributed by atoms with Crippen molar-refractivity contribution in [3.63, 3.8) is 0 Å². The van der Waals surface area contributed by atoms with Crippen molar-refractivity contribution < 1.29 is 14.3 Å². The molecule has 9 nitrogen and oxygen atoms in total. The Morgan fingerprint density at radius 3 is 2.43 bits per heavy atom. The summed E-state index contributed by atoms with van der Waals surface area (Å²) >= 11 is 4.31. The molecule has 3 aromatic rings. The number of nitrogens with one attached hydrogen (secondary N) is 2. The van der Waals surface area contributed by atoms with Crippen molar-refractivity contribution in [2.45, 2.75) is 26.8 Å². The quantitative estimate of drug-likeness (QED) is 0.348. The highest BCUT2D eigenvalue weighted by Gasteiger charge is 2.20. The van der Waals surface area contributed by atoms with Crippen LogP contribution in [0.2, 0.25) is 0 Å². The molecule has 2 amide bonds.